The van der Waals surface area contributed by atoms with Crippen LogP contribution < -0.4 is 9.64 Å². The van der Waals surface area contributed by atoms with Gasteiger partial charge in [0.15, 0.2) is 0 Å². The second kappa shape index (κ2) is 4.46. The number of ether oxygens (including phenoxy) is 1. The van der Waals surface area contributed by atoms with E-state index in [1.165, 1.54) is 11.3 Å². The van der Waals surface area contributed by atoms with Gasteiger partial charge in [0.2, 0.25) is 0 Å². The average Bonchev–Trinajstić information content (AvgIpc) is 2.90. The number of nitrogens with zero attached hydrogens (tertiary/aromatic N) is 1. The monoisotopic (exact) mass is 259 g/mol. The van der Waals surface area contributed by atoms with Crippen LogP contribution >= 0.6 is 11.3 Å². The number of para-hydroxylation sites is 2. The fraction of sp³-hybridized carbons (Fsp3) is 0.214. The van der Waals surface area contributed by atoms with Gasteiger partial charge in [-0.1, -0.05) is 18.2 Å². The first-order chi connectivity index (χ1) is 8.75. The molecule has 1 aliphatic heterocycles. The number of fused-ring (bicyclic) bond motifs is 1. The quantitative estimate of drug-likeness (QED) is 0.787. The van der Waals surface area contributed by atoms with E-state index in [0.29, 0.717) is 6.54 Å². The van der Waals surface area contributed by atoms with E-state index in [1.54, 1.807) is 4.90 Å². The lowest BCUT2D eigenvalue weighted by atomic mass is 10.2. The van der Waals surface area contributed by atoms with Gasteiger partial charge in [-0.2, -0.15) is 0 Å². The molecule has 2 aromatic rings. The van der Waals surface area contributed by atoms with Crippen molar-refractivity contribution in [3.05, 3.63) is 46.7 Å². The molecule has 0 spiro atoms. The normalized spacial score (nSPS) is 18.1. The highest BCUT2D eigenvalue weighted by Crippen LogP contribution is 2.34. The molecule has 1 unspecified atom stereocenters. The van der Waals surface area contributed by atoms with Crippen molar-refractivity contribution in [1.82, 2.24) is 0 Å². The number of carbonyl (C=O) groups excluding carboxylic acids is 1. The van der Waals surface area contributed by atoms with E-state index in [-0.39, 0.29) is 12.0 Å². The van der Waals surface area contributed by atoms with Gasteiger partial charge in [0, 0.05) is 0 Å². The lowest BCUT2D eigenvalue weighted by Crippen LogP contribution is -2.42. The van der Waals surface area contributed by atoms with Crippen molar-refractivity contribution in [2.75, 3.05) is 11.4 Å². The molecule has 18 heavy (non-hydrogen) atoms. The summed E-state index contributed by atoms with van der Waals surface area (Å²) in [7, 11) is 0. The Kier molecular flexibility index (Phi) is 2.80. The molecule has 3 nitrogen and oxygen atoms in total. The summed E-state index contributed by atoms with van der Waals surface area (Å²) in [6.07, 6.45) is 0.0174. The van der Waals surface area contributed by atoms with Crippen LogP contribution in [0.1, 0.15) is 16.6 Å². The summed E-state index contributed by atoms with van der Waals surface area (Å²) >= 11 is 1.47. The van der Waals surface area contributed by atoms with Crippen LogP contribution in [0, 0.1) is 0 Å². The Morgan fingerprint density at radius 1 is 1.33 bits per heavy atom. The standard InChI is InChI=1S/C14H13NO2S/c1-10-9-15(14(16)13-7-4-8-18-13)11-5-2-3-6-12(11)17-10/h2-8,10H,9H2,1H3. The molecular formula is C14H13NO2S. The fourth-order valence-corrected chi connectivity index (χ4v) is 2.79. The Balaban J connectivity index is 2.00. The molecule has 0 radical (unpaired) electrons. The molecule has 0 saturated heterocycles. The molecule has 2 heterocycles. The fourth-order valence-electron chi connectivity index (χ4n) is 2.11. The van der Waals surface area contributed by atoms with Gasteiger partial charge in [-0.3, -0.25) is 4.79 Å². The topological polar surface area (TPSA) is 29.5 Å². The van der Waals surface area contributed by atoms with Crippen molar-refractivity contribution in [2.24, 2.45) is 0 Å². The van der Waals surface area contributed by atoms with E-state index >= 15 is 0 Å². The first kappa shape index (κ1) is 11.3. The summed E-state index contributed by atoms with van der Waals surface area (Å²) in [5.74, 6) is 0.828. The van der Waals surface area contributed by atoms with E-state index in [9.17, 15) is 4.79 Å². The van der Waals surface area contributed by atoms with Crippen LogP contribution in [0.3, 0.4) is 0 Å². The van der Waals surface area contributed by atoms with Gasteiger partial charge in [0.05, 0.1) is 17.1 Å². The number of thiophene rings is 1. The van der Waals surface area contributed by atoms with Crippen molar-refractivity contribution in [3.8, 4) is 5.75 Å². The van der Waals surface area contributed by atoms with Gasteiger partial charge in [0.1, 0.15) is 11.9 Å². The lowest BCUT2D eigenvalue weighted by Gasteiger charge is -2.33. The van der Waals surface area contributed by atoms with Crippen LogP contribution in [0.4, 0.5) is 5.69 Å². The van der Waals surface area contributed by atoms with Crippen LogP contribution in [0.5, 0.6) is 5.75 Å². The molecular weight excluding hydrogens is 246 g/mol. The molecule has 0 fully saturated rings. The highest BCUT2D eigenvalue weighted by Gasteiger charge is 2.28. The summed E-state index contributed by atoms with van der Waals surface area (Å²) in [6.45, 7) is 2.57. The maximum Gasteiger partial charge on any atom is 0.268 e. The zero-order chi connectivity index (χ0) is 12.5. The molecule has 3 rings (SSSR count). The van der Waals surface area contributed by atoms with E-state index in [2.05, 4.69) is 0 Å². The molecule has 0 bridgehead atoms. The van der Waals surface area contributed by atoms with Gasteiger partial charge >= 0.3 is 0 Å². The second-order valence-electron chi connectivity index (χ2n) is 4.29. The van der Waals surface area contributed by atoms with Crippen molar-refractivity contribution in [3.63, 3.8) is 0 Å². The lowest BCUT2D eigenvalue weighted by molar-refractivity contribution is 0.0965. The van der Waals surface area contributed by atoms with E-state index in [1.807, 2.05) is 48.7 Å². The first-order valence-electron chi connectivity index (χ1n) is 5.87. The Hall–Kier alpha value is -1.81. The van der Waals surface area contributed by atoms with E-state index < -0.39 is 0 Å². The summed E-state index contributed by atoms with van der Waals surface area (Å²) in [5, 5.41) is 1.92. The Morgan fingerprint density at radius 2 is 2.17 bits per heavy atom. The number of amides is 1. The van der Waals surface area contributed by atoms with Crippen molar-refractivity contribution in [1.29, 1.82) is 0 Å². The van der Waals surface area contributed by atoms with E-state index in [4.69, 9.17) is 4.74 Å². The van der Waals surface area contributed by atoms with Crippen molar-refractivity contribution in [2.45, 2.75) is 13.0 Å². The van der Waals surface area contributed by atoms with Crippen LogP contribution in [0.25, 0.3) is 0 Å². The molecule has 1 atom stereocenters. The predicted molar refractivity (Wildman–Crippen MR) is 72.5 cm³/mol. The van der Waals surface area contributed by atoms with Crippen molar-refractivity contribution >= 4 is 22.9 Å². The number of benzene rings is 1. The predicted octanol–water partition coefficient (Wildman–Crippen LogP) is 3.18. The number of hydrogen-bond acceptors (Lipinski definition) is 3. The van der Waals surface area contributed by atoms with Crippen LogP contribution in [-0.2, 0) is 0 Å². The smallest absolute Gasteiger partial charge is 0.268 e. The third-order valence-electron chi connectivity index (χ3n) is 2.90. The summed E-state index contributed by atoms with van der Waals surface area (Å²) in [5.41, 5.74) is 0.856. The molecule has 1 aromatic heterocycles. The summed E-state index contributed by atoms with van der Waals surface area (Å²) in [6, 6.07) is 11.4. The molecule has 1 aromatic carbocycles. The van der Waals surface area contributed by atoms with Gasteiger partial charge in [0.25, 0.3) is 5.91 Å². The zero-order valence-corrected chi connectivity index (χ0v) is 10.8. The largest absolute Gasteiger partial charge is 0.487 e. The Bertz CT molecular complexity index is 565. The highest BCUT2D eigenvalue weighted by atomic mass is 32.1. The minimum atomic E-state index is 0.0174. The van der Waals surface area contributed by atoms with Crippen LogP contribution in [0.2, 0.25) is 0 Å². The maximum absolute atomic E-state index is 12.4. The first-order valence-corrected chi connectivity index (χ1v) is 6.75. The molecule has 92 valence electrons. The van der Waals surface area contributed by atoms with Gasteiger partial charge in [-0.25, -0.2) is 0 Å². The van der Waals surface area contributed by atoms with Crippen LogP contribution in [-0.4, -0.2) is 18.6 Å². The van der Waals surface area contributed by atoms with Crippen molar-refractivity contribution < 1.29 is 9.53 Å². The van der Waals surface area contributed by atoms with E-state index in [0.717, 1.165) is 16.3 Å². The Labute approximate surface area is 110 Å². The number of carbonyl (C=O) groups is 1. The number of rotatable bonds is 1. The number of anilines is 1. The average molecular weight is 259 g/mol. The van der Waals surface area contributed by atoms with Gasteiger partial charge < -0.3 is 9.64 Å². The summed E-state index contributed by atoms with van der Waals surface area (Å²) < 4.78 is 5.74. The van der Waals surface area contributed by atoms with Gasteiger partial charge in [-0.15, -0.1) is 11.3 Å². The van der Waals surface area contributed by atoms with Gasteiger partial charge in [-0.05, 0) is 30.5 Å². The molecule has 1 amide bonds. The minimum absolute atomic E-state index is 0.0174. The third kappa shape index (κ3) is 1.88. The SMILES string of the molecule is CC1CN(C(=O)c2cccs2)c2ccccc2O1. The molecule has 0 saturated carbocycles. The molecule has 0 aliphatic carbocycles. The number of hydrogen-bond donors (Lipinski definition) is 0. The maximum atomic E-state index is 12.4. The zero-order valence-electron chi connectivity index (χ0n) is 10.00. The third-order valence-corrected chi connectivity index (χ3v) is 3.76. The summed E-state index contributed by atoms with van der Waals surface area (Å²) in [4.78, 5) is 15.0. The molecule has 4 heteroatoms. The molecule has 1 aliphatic rings. The second-order valence-corrected chi connectivity index (χ2v) is 5.24. The van der Waals surface area contributed by atoms with Crippen LogP contribution in [0.15, 0.2) is 41.8 Å². The highest BCUT2D eigenvalue weighted by molar-refractivity contribution is 7.12. The molecule has 0 N–H and O–H groups in total. The minimum Gasteiger partial charge on any atom is -0.487 e. The Morgan fingerprint density at radius 3 is 2.94 bits per heavy atom.